The largest absolute Gasteiger partial charge is 0.490 e. The number of fused-ring (bicyclic) bond motifs is 1. The van der Waals surface area contributed by atoms with Gasteiger partial charge in [-0.3, -0.25) is 0 Å². The minimum Gasteiger partial charge on any atom is -0.490 e. The van der Waals surface area contributed by atoms with Crippen LogP contribution in [-0.4, -0.2) is 11.2 Å². The van der Waals surface area contributed by atoms with E-state index in [9.17, 15) is 13.9 Å². The quantitative estimate of drug-likeness (QED) is 0.911. The summed E-state index contributed by atoms with van der Waals surface area (Å²) in [6.07, 6.45) is -0.168. The number of aliphatic hydroxyl groups excluding tert-OH is 1. The van der Waals surface area contributed by atoms with E-state index in [0.29, 0.717) is 5.56 Å². The normalized spacial score (nSPS) is 18.5. The third kappa shape index (κ3) is 2.39. The molecule has 1 aliphatic heterocycles. The molecular formula is C16H14F2O2. The molecule has 2 aromatic carbocycles. The van der Waals surface area contributed by atoms with E-state index in [4.69, 9.17) is 4.74 Å². The van der Waals surface area contributed by atoms with Crippen LogP contribution in [0.15, 0.2) is 36.4 Å². The van der Waals surface area contributed by atoms with Crippen LogP contribution in [0.4, 0.5) is 8.78 Å². The fourth-order valence-electron chi connectivity index (χ4n) is 2.54. The van der Waals surface area contributed by atoms with Crippen molar-refractivity contribution in [1.29, 1.82) is 0 Å². The number of benzene rings is 2. The van der Waals surface area contributed by atoms with Crippen LogP contribution in [0.25, 0.3) is 0 Å². The predicted molar refractivity (Wildman–Crippen MR) is 70.7 cm³/mol. The zero-order chi connectivity index (χ0) is 14.3. The maximum atomic E-state index is 13.2. The summed E-state index contributed by atoms with van der Waals surface area (Å²) in [6, 6.07) is 8.39. The van der Waals surface area contributed by atoms with Crippen LogP contribution in [0, 0.1) is 11.6 Å². The molecule has 2 aromatic rings. The summed E-state index contributed by atoms with van der Waals surface area (Å²) >= 11 is 0. The van der Waals surface area contributed by atoms with E-state index < -0.39 is 17.7 Å². The van der Waals surface area contributed by atoms with E-state index >= 15 is 0 Å². The van der Waals surface area contributed by atoms with Crippen molar-refractivity contribution in [2.24, 2.45) is 0 Å². The van der Waals surface area contributed by atoms with Gasteiger partial charge in [0.15, 0.2) is 0 Å². The zero-order valence-corrected chi connectivity index (χ0v) is 10.9. The smallest absolute Gasteiger partial charge is 0.126 e. The second-order valence-corrected chi connectivity index (χ2v) is 5.11. The Labute approximate surface area is 115 Å². The predicted octanol–water partition coefficient (Wildman–Crippen LogP) is 3.37. The average Bonchev–Trinajstić information content (AvgIpc) is 2.75. The second kappa shape index (κ2) is 4.87. The Hall–Kier alpha value is -1.94. The van der Waals surface area contributed by atoms with Crippen molar-refractivity contribution in [1.82, 2.24) is 0 Å². The fourth-order valence-corrected chi connectivity index (χ4v) is 2.54. The standard InChI is InChI=1S/C16H14F2O2/c1-9-4-11-5-10(2-3-15(11)20-9)16(19)12-6-13(17)8-14(18)7-12/h2-3,5-9,16,19H,4H2,1H3. The van der Waals surface area contributed by atoms with E-state index in [1.165, 1.54) is 0 Å². The monoisotopic (exact) mass is 276 g/mol. The lowest BCUT2D eigenvalue weighted by Crippen LogP contribution is -2.05. The van der Waals surface area contributed by atoms with Crippen molar-refractivity contribution < 1.29 is 18.6 Å². The molecule has 104 valence electrons. The summed E-state index contributed by atoms with van der Waals surface area (Å²) in [7, 11) is 0. The molecule has 1 N–H and O–H groups in total. The lowest BCUT2D eigenvalue weighted by Gasteiger charge is -2.13. The molecule has 3 rings (SSSR count). The third-order valence-electron chi connectivity index (χ3n) is 3.44. The summed E-state index contributed by atoms with van der Waals surface area (Å²) in [5.74, 6) is -0.590. The maximum Gasteiger partial charge on any atom is 0.126 e. The lowest BCUT2D eigenvalue weighted by atomic mass is 9.98. The van der Waals surface area contributed by atoms with Gasteiger partial charge >= 0.3 is 0 Å². The minimum atomic E-state index is -1.05. The van der Waals surface area contributed by atoms with E-state index in [0.717, 1.165) is 35.9 Å². The highest BCUT2D eigenvalue weighted by atomic mass is 19.1. The molecule has 0 fully saturated rings. The van der Waals surface area contributed by atoms with Gasteiger partial charge in [-0.05, 0) is 47.9 Å². The van der Waals surface area contributed by atoms with E-state index in [1.807, 2.05) is 13.0 Å². The molecule has 2 nitrogen and oxygen atoms in total. The molecular weight excluding hydrogens is 262 g/mol. The van der Waals surface area contributed by atoms with Crippen LogP contribution in [0.5, 0.6) is 5.75 Å². The van der Waals surface area contributed by atoms with Gasteiger partial charge in [0.25, 0.3) is 0 Å². The minimum absolute atomic E-state index is 0.115. The molecule has 0 spiro atoms. The molecule has 1 aliphatic rings. The van der Waals surface area contributed by atoms with E-state index in [1.54, 1.807) is 12.1 Å². The van der Waals surface area contributed by atoms with Gasteiger partial charge in [-0.1, -0.05) is 6.07 Å². The van der Waals surface area contributed by atoms with Gasteiger partial charge in [0.2, 0.25) is 0 Å². The first-order valence-electron chi connectivity index (χ1n) is 6.46. The number of ether oxygens (including phenoxy) is 1. The van der Waals surface area contributed by atoms with Crippen LogP contribution >= 0.6 is 0 Å². The van der Waals surface area contributed by atoms with Crippen LogP contribution < -0.4 is 4.74 Å². The lowest BCUT2D eigenvalue weighted by molar-refractivity contribution is 0.219. The number of halogens is 2. The highest BCUT2D eigenvalue weighted by Crippen LogP contribution is 2.33. The first kappa shape index (κ1) is 13.1. The number of rotatable bonds is 2. The highest BCUT2D eigenvalue weighted by molar-refractivity contribution is 5.43. The SMILES string of the molecule is CC1Cc2cc(C(O)c3cc(F)cc(F)c3)ccc2O1. The van der Waals surface area contributed by atoms with Crippen molar-refractivity contribution in [2.75, 3.05) is 0 Å². The number of hydrogen-bond donors (Lipinski definition) is 1. The third-order valence-corrected chi connectivity index (χ3v) is 3.44. The molecule has 0 saturated heterocycles. The molecule has 1 heterocycles. The van der Waals surface area contributed by atoms with E-state index in [-0.39, 0.29) is 11.7 Å². The number of hydrogen-bond acceptors (Lipinski definition) is 2. The van der Waals surface area contributed by atoms with Gasteiger partial charge in [-0.15, -0.1) is 0 Å². The zero-order valence-electron chi connectivity index (χ0n) is 10.9. The van der Waals surface area contributed by atoms with Crippen LogP contribution in [0.2, 0.25) is 0 Å². The first-order valence-corrected chi connectivity index (χ1v) is 6.46. The molecule has 0 aromatic heterocycles. The van der Waals surface area contributed by atoms with Crippen molar-refractivity contribution in [3.63, 3.8) is 0 Å². The second-order valence-electron chi connectivity index (χ2n) is 5.11. The molecule has 0 saturated carbocycles. The highest BCUT2D eigenvalue weighted by Gasteiger charge is 2.21. The topological polar surface area (TPSA) is 29.5 Å². The molecule has 0 bridgehead atoms. The van der Waals surface area contributed by atoms with E-state index in [2.05, 4.69) is 0 Å². The van der Waals surface area contributed by atoms with Crippen molar-refractivity contribution in [2.45, 2.75) is 25.6 Å². The van der Waals surface area contributed by atoms with Gasteiger partial charge in [-0.2, -0.15) is 0 Å². The van der Waals surface area contributed by atoms with Crippen molar-refractivity contribution in [3.05, 3.63) is 64.7 Å². The Kier molecular flexibility index (Phi) is 3.18. The molecule has 0 aliphatic carbocycles. The van der Waals surface area contributed by atoms with Gasteiger partial charge < -0.3 is 9.84 Å². The molecule has 0 radical (unpaired) electrons. The summed E-state index contributed by atoms with van der Waals surface area (Å²) in [5, 5.41) is 10.3. The first-order chi connectivity index (χ1) is 9.52. The Bertz CT molecular complexity index is 635. The average molecular weight is 276 g/mol. The summed E-state index contributed by atoms with van der Waals surface area (Å²) in [4.78, 5) is 0. The van der Waals surface area contributed by atoms with Gasteiger partial charge in [0.05, 0.1) is 0 Å². The van der Waals surface area contributed by atoms with Crippen LogP contribution in [0.1, 0.15) is 29.7 Å². The summed E-state index contributed by atoms with van der Waals surface area (Å²) < 4.78 is 32.0. The Morgan fingerprint density at radius 3 is 2.50 bits per heavy atom. The van der Waals surface area contributed by atoms with Gasteiger partial charge in [-0.25, -0.2) is 8.78 Å². The Balaban J connectivity index is 1.95. The fraction of sp³-hybridized carbons (Fsp3) is 0.250. The molecule has 4 heteroatoms. The molecule has 2 unspecified atom stereocenters. The van der Waals surface area contributed by atoms with Gasteiger partial charge in [0.1, 0.15) is 29.6 Å². The number of aliphatic hydroxyl groups is 1. The Morgan fingerprint density at radius 1 is 1.10 bits per heavy atom. The summed E-state index contributed by atoms with van der Waals surface area (Å²) in [5.41, 5.74) is 1.81. The maximum absolute atomic E-state index is 13.2. The molecule has 2 atom stereocenters. The van der Waals surface area contributed by atoms with Crippen molar-refractivity contribution >= 4 is 0 Å². The van der Waals surface area contributed by atoms with Gasteiger partial charge in [0, 0.05) is 12.5 Å². The van der Waals surface area contributed by atoms with Crippen LogP contribution in [0.3, 0.4) is 0 Å². The molecule has 20 heavy (non-hydrogen) atoms. The van der Waals surface area contributed by atoms with Crippen LogP contribution in [-0.2, 0) is 6.42 Å². The Morgan fingerprint density at radius 2 is 1.80 bits per heavy atom. The van der Waals surface area contributed by atoms with Crippen molar-refractivity contribution in [3.8, 4) is 5.75 Å². The summed E-state index contributed by atoms with van der Waals surface area (Å²) in [6.45, 7) is 1.97. The molecule has 0 amide bonds.